The van der Waals surface area contributed by atoms with Gasteiger partial charge in [-0.25, -0.2) is 9.78 Å². The Kier molecular flexibility index (Phi) is 10.6. The Balaban J connectivity index is 4.70. The minimum absolute atomic E-state index is 0.0127. The Morgan fingerprint density at radius 1 is 1.00 bits per heavy atom. The van der Waals surface area contributed by atoms with E-state index in [4.69, 9.17) is 20.7 Å². The molecule has 0 radical (unpaired) electrons. The number of nitrogens with zero attached hydrogens (tertiary/aromatic N) is 2. The third-order valence-electron chi connectivity index (χ3n) is 3.33. The molecule has 2 unspecified atom stereocenters. The normalized spacial score (nSPS) is 14.3. The van der Waals surface area contributed by atoms with Gasteiger partial charge in [0, 0.05) is 25.7 Å². The quantitative estimate of drug-likeness (QED) is 0.259. The van der Waals surface area contributed by atoms with E-state index in [2.05, 4.69) is 9.78 Å². The summed E-state index contributed by atoms with van der Waals surface area (Å²) in [4.78, 5) is 33.0. The molecule has 130 valence electrons. The lowest BCUT2D eigenvalue weighted by atomic mass is 10.2. The zero-order chi connectivity index (χ0) is 17.1. The van der Waals surface area contributed by atoms with E-state index >= 15 is 0 Å². The van der Waals surface area contributed by atoms with E-state index in [1.54, 1.807) is 11.8 Å². The Bertz CT molecular complexity index is 341. The van der Waals surface area contributed by atoms with Crippen LogP contribution in [-0.4, -0.2) is 93.9 Å². The molecule has 0 saturated heterocycles. The van der Waals surface area contributed by atoms with Crippen LogP contribution in [0.3, 0.4) is 0 Å². The van der Waals surface area contributed by atoms with E-state index in [1.165, 1.54) is 11.8 Å². The summed E-state index contributed by atoms with van der Waals surface area (Å²) < 4.78 is 0. The van der Waals surface area contributed by atoms with Crippen LogP contribution in [0, 0.1) is 0 Å². The standard InChI is InChI=1S/C12H24N2O8/c1-9(8-22-20)13(5-6-21-19)3-4-14(7-11(15)16)10(2)12(17)18/h9-10,19-20H,3-8H2,1-2H3,(H,15,16)(H,17,18). The van der Waals surface area contributed by atoms with Crippen LogP contribution >= 0.6 is 0 Å². The number of carboxylic acid groups (broad SMARTS) is 2. The molecule has 0 aromatic rings. The topological polar surface area (TPSA) is 140 Å². The first-order valence-electron chi connectivity index (χ1n) is 6.78. The molecule has 0 fully saturated rings. The van der Waals surface area contributed by atoms with Gasteiger partial charge in [-0.05, 0) is 13.8 Å². The summed E-state index contributed by atoms with van der Waals surface area (Å²) in [6.07, 6.45) is 0. The summed E-state index contributed by atoms with van der Waals surface area (Å²) in [5.41, 5.74) is 0. The van der Waals surface area contributed by atoms with Crippen molar-refractivity contribution < 1.29 is 40.1 Å². The predicted octanol–water partition coefficient (Wildman–Crippen LogP) is -0.484. The highest BCUT2D eigenvalue weighted by Gasteiger charge is 2.24. The number of carboxylic acids is 2. The van der Waals surface area contributed by atoms with Gasteiger partial charge in [0.2, 0.25) is 0 Å². The van der Waals surface area contributed by atoms with Gasteiger partial charge in [0.15, 0.2) is 0 Å². The van der Waals surface area contributed by atoms with Crippen molar-refractivity contribution in [2.75, 3.05) is 39.4 Å². The summed E-state index contributed by atoms with van der Waals surface area (Å²) >= 11 is 0. The van der Waals surface area contributed by atoms with Crippen LogP contribution in [0.4, 0.5) is 0 Å². The van der Waals surface area contributed by atoms with Crippen molar-refractivity contribution in [3.8, 4) is 0 Å². The van der Waals surface area contributed by atoms with E-state index in [9.17, 15) is 9.59 Å². The average molecular weight is 324 g/mol. The van der Waals surface area contributed by atoms with Crippen molar-refractivity contribution in [2.24, 2.45) is 0 Å². The smallest absolute Gasteiger partial charge is 0.320 e. The number of hydrogen-bond acceptors (Lipinski definition) is 8. The van der Waals surface area contributed by atoms with Crippen molar-refractivity contribution in [1.29, 1.82) is 0 Å². The molecule has 0 spiro atoms. The first kappa shape index (κ1) is 20.7. The van der Waals surface area contributed by atoms with E-state index in [-0.39, 0.29) is 25.8 Å². The number of hydrogen-bond donors (Lipinski definition) is 4. The maximum atomic E-state index is 11.0. The van der Waals surface area contributed by atoms with Crippen LogP contribution in [0.5, 0.6) is 0 Å². The molecule has 0 amide bonds. The molecule has 0 aliphatic carbocycles. The highest BCUT2D eigenvalue weighted by Crippen LogP contribution is 2.04. The van der Waals surface area contributed by atoms with Gasteiger partial charge in [-0.2, -0.15) is 0 Å². The minimum atomic E-state index is -1.12. The lowest BCUT2D eigenvalue weighted by Gasteiger charge is -2.31. The molecule has 22 heavy (non-hydrogen) atoms. The van der Waals surface area contributed by atoms with Gasteiger partial charge < -0.3 is 10.2 Å². The zero-order valence-electron chi connectivity index (χ0n) is 12.7. The number of rotatable bonds is 13. The molecule has 0 aromatic carbocycles. The molecule has 4 N–H and O–H groups in total. The molecule has 2 atom stereocenters. The molecule has 0 rings (SSSR count). The lowest BCUT2D eigenvalue weighted by molar-refractivity contribution is -0.257. The largest absolute Gasteiger partial charge is 0.480 e. The van der Waals surface area contributed by atoms with Crippen molar-refractivity contribution in [1.82, 2.24) is 9.80 Å². The highest BCUT2D eigenvalue weighted by atomic mass is 17.1. The van der Waals surface area contributed by atoms with E-state index in [0.717, 1.165) is 0 Å². The van der Waals surface area contributed by atoms with Gasteiger partial charge in [-0.15, -0.1) is 0 Å². The molecule has 0 bridgehead atoms. The Morgan fingerprint density at radius 2 is 1.59 bits per heavy atom. The van der Waals surface area contributed by atoms with Crippen LogP contribution in [-0.2, 0) is 19.4 Å². The van der Waals surface area contributed by atoms with Gasteiger partial charge in [0.25, 0.3) is 0 Å². The maximum Gasteiger partial charge on any atom is 0.320 e. The molecule has 0 aliphatic rings. The van der Waals surface area contributed by atoms with Gasteiger partial charge in [-0.1, -0.05) is 0 Å². The van der Waals surface area contributed by atoms with Crippen LogP contribution in [0.1, 0.15) is 13.8 Å². The molecule has 0 aromatic heterocycles. The summed E-state index contributed by atoms with van der Waals surface area (Å²) in [6.45, 7) is 3.61. The van der Waals surface area contributed by atoms with Gasteiger partial charge in [0.1, 0.15) is 6.04 Å². The van der Waals surface area contributed by atoms with Crippen molar-refractivity contribution in [3.63, 3.8) is 0 Å². The summed E-state index contributed by atoms with van der Waals surface area (Å²) in [6, 6.07) is -1.18. The molecular formula is C12H24N2O8. The fraction of sp³-hybridized carbons (Fsp3) is 0.833. The minimum Gasteiger partial charge on any atom is -0.480 e. The molecule has 0 heterocycles. The Hall–Kier alpha value is -1.30. The lowest BCUT2D eigenvalue weighted by Crippen LogP contribution is -2.48. The number of carbonyl (C=O) groups is 2. The Labute approximate surface area is 128 Å². The third-order valence-corrected chi connectivity index (χ3v) is 3.33. The van der Waals surface area contributed by atoms with Crippen molar-refractivity contribution in [2.45, 2.75) is 25.9 Å². The summed E-state index contributed by atoms with van der Waals surface area (Å²) in [5.74, 6) is -2.23. The van der Waals surface area contributed by atoms with Crippen LogP contribution < -0.4 is 0 Å². The second kappa shape index (κ2) is 11.3. The highest BCUT2D eigenvalue weighted by molar-refractivity contribution is 5.75. The second-order valence-electron chi connectivity index (χ2n) is 4.89. The van der Waals surface area contributed by atoms with Crippen molar-refractivity contribution >= 4 is 11.9 Å². The van der Waals surface area contributed by atoms with Crippen LogP contribution in [0.25, 0.3) is 0 Å². The van der Waals surface area contributed by atoms with Gasteiger partial charge in [-0.3, -0.25) is 29.9 Å². The molecule has 0 saturated carbocycles. The van der Waals surface area contributed by atoms with E-state index < -0.39 is 24.5 Å². The first-order valence-corrected chi connectivity index (χ1v) is 6.78. The number of aliphatic carboxylic acids is 2. The molecular weight excluding hydrogens is 300 g/mol. The van der Waals surface area contributed by atoms with Crippen LogP contribution in [0.15, 0.2) is 0 Å². The summed E-state index contributed by atoms with van der Waals surface area (Å²) in [7, 11) is 0. The second-order valence-corrected chi connectivity index (χ2v) is 4.89. The predicted molar refractivity (Wildman–Crippen MR) is 74.5 cm³/mol. The van der Waals surface area contributed by atoms with E-state index in [1.807, 2.05) is 0 Å². The van der Waals surface area contributed by atoms with E-state index in [0.29, 0.717) is 13.1 Å². The third kappa shape index (κ3) is 8.22. The first-order chi connectivity index (χ1) is 10.3. The van der Waals surface area contributed by atoms with Crippen molar-refractivity contribution in [3.05, 3.63) is 0 Å². The average Bonchev–Trinajstić information content (AvgIpc) is 2.44. The maximum absolute atomic E-state index is 11.0. The van der Waals surface area contributed by atoms with Gasteiger partial charge >= 0.3 is 11.9 Å². The zero-order valence-corrected chi connectivity index (χ0v) is 12.7. The SMILES string of the molecule is CC(COO)N(CCOO)CCN(CC(=O)O)C(C)C(=O)O. The molecule has 0 aliphatic heterocycles. The summed E-state index contributed by atoms with van der Waals surface area (Å²) in [5, 5.41) is 34.8. The Morgan fingerprint density at radius 3 is 2.05 bits per heavy atom. The van der Waals surface area contributed by atoms with Gasteiger partial charge in [0.05, 0.1) is 19.8 Å². The van der Waals surface area contributed by atoms with Crippen LogP contribution in [0.2, 0.25) is 0 Å². The monoisotopic (exact) mass is 324 g/mol. The molecule has 10 heteroatoms. The fourth-order valence-corrected chi connectivity index (χ4v) is 1.92. The fourth-order valence-electron chi connectivity index (χ4n) is 1.92. The molecule has 10 nitrogen and oxygen atoms in total.